The summed E-state index contributed by atoms with van der Waals surface area (Å²) in [5.74, 6) is 0.00302. The van der Waals surface area contributed by atoms with E-state index in [2.05, 4.69) is 31.8 Å². The van der Waals surface area contributed by atoms with Crippen LogP contribution in [-0.4, -0.2) is 46.3 Å². The van der Waals surface area contributed by atoms with Crippen LogP contribution in [0.25, 0.3) is 22.2 Å². The van der Waals surface area contributed by atoms with Crippen LogP contribution in [0.15, 0.2) is 30.5 Å². The summed E-state index contributed by atoms with van der Waals surface area (Å²) in [5.41, 5.74) is 7.02. The predicted molar refractivity (Wildman–Crippen MR) is 116 cm³/mol. The van der Waals surface area contributed by atoms with E-state index in [1.54, 1.807) is 13.2 Å². The Bertz CT molecular complexity index is 1190. The number of fused-ring (bicyclic) bond motifs is 1. The molecule has 2 aromatic heterocycles. The summed E-state index contributed by atoms with van der Waals surface area (Å²) in [6.45, 7) is 2.80. The van der Waals surface area contributed by atoms with E-state index in [1.165, 1.54) is 0 Å². The largest absolute Gasteiger partial charge is 0.389 e. The van der Waals surface area contributed by atoms with Gasteiger partial charge in [-0.25, -0.2) is 15.0 Å². The number of nitrogens with zero attached hydrogens (tertiary/aromatic N) is 5. The third kappa shape index (κ3) is 4.73. The molecule has 7 nitrogen and oxygen atoms in total. The fraction of sp³-hybridized carbons (Fsp3) is 0.364. The monoisotopic (exact) mass is 441 g/mol. The van der Waals surface area contributed by atoms with Gasteiger partial charge in [-0.2, -0.15) is 23.4 Å². The number of halogens is 3. The lowest BCUT2D eigenvalue weighted by Gasteiger charge is -2.20. The number of rotatable bonds is 5. The van der Waals surface area contributed by atoms with Crippen molar-refractivity contribution < 1.29 is 13.2 Å². The third-order valence-corrected chi connectivity index (χ3v) is 5.52. The molecule has 0 radical (unpaired) electrons. The van der Waals surface area contributed by atoms with Gasteiger partial charge >= 0.3 is 6.18 Å². The zero-order valence-corrected chi connectivity index (χ0v) is 17.7. The average molecular weight is 441 g/mol. The van der Waals surface area contributed by atoms with E-state index in [0.717, 1.165) is 16.8 Å². The molecular weight excluding hydrogens is 419 g/mol. The van der Waals surface area contributed by atoms with Crippen molar-refractivity contribution in [3.63, 3.8) is 0 Å². The minimum absolute atomic E-state index is 0.241. The van der Waals surface area contributed by atoms with Crippen molar-refractivity contribution in [3.8, 4) is 17.2 Å². The van der Waals surface area contributed by atoms with Gasteiger partial charge < -0.3 is 10.7 Å². The van der Waals surface area contributed by atoms with Crippen molar-refractivity contribution in [2.45, 2.75) is 25.9 Å². The van der Waals surface area contributed by atoms with Crippen molar-refractivity contribution in [1.82, 2.24) is 20.0 Å². The first-order valence-corrected chi connectivity index (χ1v) is 10.2. The van der Waals surface area contributed by atoms with Gasteiger partial charge in [-0.1, -0.05) is 6.07 Å². The van der Waals surface area contributed by atoms with E-state index < -0.39 is 18.5 Å². The molecule has 0 unspecified atom stereocenters. The Morgan fingerprint density at radius 1 is 1.22 bits per heavy atom. The molecule has 0 spiro atoms. The van der Waals surface area contributed by atoms with Crippen LogP contribution in [0.3, 0.4) is 0 Å². The number of pyridine rings is 1. The second-order valence-corrected chi connectivity index (χ2v) is 7.91. The van der Waals surface area contributed by atoms with Crippen molar-refractivity contribution >= 4 is 22.7 Å². The van der Waals surface area contributed by atoms with E-state index in [0.29, 0.717) is 42.1 Å². The number of hydrogen-bond donors (Lipinski definition) is 2. The highest BCUT2D eigenvalue weighted by atomic mass is 19.4. The molecule has 1 saturated heterocycles. The van der Waals surface area contributed by atoms with Crippen LogP contribution in [0.2, 0.25) is 0 Å². The Labute approximate surface area is 183 Å². The molecular formula is C22H22F3N7. The number of hydrogen-bond acceptors (Lipinski definition) is 7. The molecule has 0 amide bonds. The molecule has 1 aliphatic rings. The van der Waals surface area contributed by atoms with E-state index in [9.17, 15) is 18.4 Å². The van der Waals surface area contributed by atoms with Gasteiger partial charge in [0.25, 0.3) is 0 Å². The summed E-state index contributed by atoms with van der Waals surface area (Å²) in [6, 6.07) is 9.65. The van der Waals surface area contributed by atoms with E-state index in [1.807, 2.05) is 36.2 Å². The second-order valence-electron chi connectivity index (χ2n) is 7.91. The van der Waals surface area contributed by atoms with Gasteiger partial charge in [0, 0.05) is 49.4 Å². The molecule has 10 heteroatoms. The fourth-order valence-corrected chi connectivity index (χ4v) is 3.97. The molecule has 166 valence electrons. The molecule has 0 bridgehead atoms. The number of aryl methyl sites for hydroxylation is 1. The third-order valence-electron chi connectivity index (χ3n) is 5.52. The van der Waals surface area contributed by atoms with Gasteiger partial charge in [0.1, 0.15) is 6.07 Å². The van der Waals surface area contributed by atoms with Crippen LogP contribution in [0.4, 0.5) is 24.8 Å². The topological polar surface area (TPSA) is 89.8 Å². The smallest absolute Gasteiger partial charge is 0.357 e. The lowest BCUT2D eigenvalue weighted by Crippen LogP contribution is -2.28. The first-order valence-electron chi connectivity index (χ1n) is 10.2. The lowest BCUT2D eigenvalue weighted by molar-refractivity contribution is -0.143. The minimum Gasteiger partial charge on any atom is -0.357 e. The highest BCUT2D eigenvalue weighted by molar-refractivity contribution is 5.85. The second kappa shape index (κ2) is 8.59. The lowest BCUT2D eigenvalue weighted by atomic mass is 9.98. The fourth-order valence-electron chi connectivity index (χ4n) is 3.97. The zero-order chi connectivity index (χ0) is 22.9. The summed E-state index contributed by atoms with van der Waals surface area (Å²) in [5, 5.41) is 15.0. The number of nitriles is 1. The van der Waals surface area contributed by atoms with Crippen LogP contribution < -0.4 is 10.7 Å². The molecule has 0 saturated carbocycles. The molecule has 0 aliphatic carbocycles. The van der Waals surface area contributed by atoms with Crippen molar-refractivity contribution in [2.75, 3.05) is 30.9 Å². The summed E-state index contributed by atoms with van der Waals surface area (Å²) in [7, 11) is 1.70. The first kappa shape index (κ1) is 21.8. The van der Waals surface area contributed by atoms with Crippen LogP contribution in [0.5, 0.6) is 0 Å². The Balaban J connectivity index is 1.62. The maximum absolute atomic E-state index is 12.7. The standard InChI is InChI=1S/C22H22F3N7/c1-13-3-4-16(31-32-6-5-14(12-32)9-22(23,24)25)8-17(13)18-7-15-11-28-21(27-2)30-20(15)29-19(18)10-26/h3-4,7-8,11,14,31H,5-6,9,12H2,1-2H3,(H,27,28,29,30)/t14-/m0/s1. The molecule has 1 aliphatic heterocycles. The molecule has 3 aromatic rings. The Morgan fingerprint density at radius 3 is 2.75 bits per heavy atom. The minimum atomic E-state index is -4.15. The van der Waals surface area contributed by atoms with Crippen molar-refractivity contribution in [3.05, 3.63) is 41.7 Å². The Kier molecular flexibility index (Phi) is 5.84. The number of hydrazine groups is 1. The van der Waals surface area contributed by atoms with Gasteiger partial charge in [0.2, 0.25) is 5.95 Å². The molecule has 4 rings (SSSR count). The first-order chi connectivity index (χ1) is 15.3. The van der Waals surface area contributed by atoms with Gasteiger partial charge in [-0.15, -0.1) is 0 Å². The quantitative estimate of drug-likeness (QED) is 0.602. The van der Waals surface area contributed by atoms with E-state index >= 15 is 0 Å². The molecule has 32 heavy (non-hydrogen) atoms. The molecule has 1 atom stereocenters. The molecule has 1 fully saturated rings. The number of anilines is 2. The SMILES string of the molecule is CNc1ncc2cc(-c3cc(NN4CC[C@@H](CC(F)(F)F)C4)ccc3C)c(C#N)nc2n1. The summed E-state index contributed by atoms with van der Waals surface area (Å²) < 4.78 is 38.1. The number of alkyl halides is 3. The Morgan fingerprint density at radius 2 is 2.03 bits per heavy atom. The van der Waals surface area contributed by atoms with E-state index in [4.69, 9.17) is 0 Å². The Hall–Kier alpha value is -3.45. The van der Waals surface area contributed by atoms with Crippen molar-refractivity contribution in [2.24, 2.45) is 5.92 Å². The maximum atomic E-state index is 12.7. The summed E-state index contributed by atoms with van der Waals surface area (Å²) in [4.78, 5) is 12.9. The normalized spacial score (nSPS) is 16.8. The zero-order valence-electron chi connectivity index (χ0n) is 17.7. The van der Waals surface area contributed by atoms with Crippen LogP contribution in [0.1, 0.15) is 24.1 Å². The van der Waals surface area contributed by atoms with Gasteiger partial charge in [-0.3, -0.25) is 0 Å². The highest BCUT2D eigenvalue weighted by Gasteiger charge is 2.35. The summed E-state index contributed by atoms with van der Waals surface area (Å²) >= 11 is 0. The van der Waals surface area contributed by atoms with E-state index in [-0.39, 0.29) is 5.69 Å². The van der Waals surface area contributed by atoms with Crippen LogP contribution in [-0.2, 0) is 0 Å². The average Bonchev–Trinajstić information content (AvgIpc) is 3.18. The number of aromatic nitrogens is 3. The molecule has 3 heterocycles. The number of benzene rings is 1. The van der Waals surface area contributed by atoms with Gasteiger partial charge in [0.05, 0.1) is 0 Å². The predicted octanol–water partition coefficient (Wildman–Crippen LogP) is 4.51. The van der Waals surface area contributed by atoms with Gasteiger partial charge in [-0.05, 0) is 48.6 Å². The number of nitrogens with one attached hydrogen (secondary N) is 2. The molecule has 1 aromatic carbocycles. The summed E-state index contributed by atoms with van der Waals surface area (Å²) in [6.07, 6.45) is -2.77. The van der Waals surface area contributed by atoms with Crippen LogP contribution >= 0.6 is 0 Å². The molecule has 2 N–H and O–H groups in total. The van der Waals surface area contributed by atoms with Crippen LogP contribution in [0, 0.1) is 24.2 Å². The van der Waals surface area contributed by atoms with Gasteiger partial charge in [0.15, 0.2) is 11.3 Å². The van der Waals surface area contributed by atoms with Crippen molar-refractivity contribution in [1.29, 1.82) is 5.26 Å². The highest BCUT2D eigenvalue weighted by Crippen LogP contribution is 2.33. The maximum Gasteiger partial charge on any atom is 0.389 e.